The fourth-order valence-corrected chi connectivity index (χ4v) is 2.06. The van der Waals surface area contributed by atoms with Crippen molar-refractivity contribution < 1.29 is 14.6 Å². The predicted molar refractivity (Wildman–Crippen MR) is 75.0 cm³/mol. The highest BCUT2D eigenvalue weighted by Crippen LogP contribution is 2.35. The average molecular weight is 269 g/mol. The van der Waals surface area contributed by atoms with E-state index in [-0.39, 0.29) is 11.7 Å². The Labute approximate surface area is 117 Å². The number of carboxylic acid groups (broad SMARTS) is 1. The molecule has 0 amide bonds. The van der Waals surface area contributed by atoms with Gasteiger partial charge in [0.2, 0.25) is 0 Å². The van der Waals surface area contributed by atoms with Gasteiger partial charge < -0.3 is 9.84 Å². The van der Waals surface area contributed by atoms with Crippen molar-refractivity contribution in [3.05, 3.63) is 47.8 Å². The molecule has 1 fully saturated rings. The van der Waals surface area contributed by atoms with Crippen LogP contribution in [0.4, 0.5) is 0 Å². The third kappa shape index (κ3) is 2.64. The second-order valence-corrected chi connectivity index (χ2v) is 5.08. The van der Waals surface area contributed by atoms with E-state index in [1.807, 2.05) is 13.0 Å². The Balaban J connectivity index is 2.08. The van der Waals surface area contributed by atoms with Crippen molar-refractivity contribution in [2.75, 3.05) is 0 Å². The molecule has 1 aliphatic rings. The number of benzene rings is 1. The molecule has 0 unspecified atom stereocenters. The van der Waals surface area contributed by atoms with E-state index < -0.39 is 5.97 Å². The molecule has 2 aromatic rings. The van der Waals surface area contributed by atoms with Crippen LogP contribution in [-0.4, -0.2) is 22.2 Å². The number of carboxylic acids is 1. The average Bonchev–Trinajstić information content (AvgIpc) is 3.23. The quantitative estimate of drug-likeness (QED) is 0.925. The molecule has 0 bridgehead atoms. The molecule has 1 aromatic carbocycles. The predicted octanol–water partition coefficient (Wildman–Crippen LogP) is 3.30. The Kier molecular flexibility index (Phi) is 3.14. The summed E-state index contributed by atoms with van der Waals surface area (Å²) in [5, 5.41) is 9.14. The van der Waals surface area contributed by atoms with Crippen LogP contribution in [0.25, 0.3) is 11.1 Å². The van der Waals surface area contributed by atoms with Crippen molar-refractivity contribution in [3.63, 3.8) is 0 Å². The monoisotopic (exact) mass is 269 g/mol. The van der Waals surface area contributed by atoms with Gasteiger partial charge in [-0.2, -0.15) is 0 Å². The lowest BCUT2D eigenvalue weighted by Crippen LogP contribution is -2.01. The smallest absolute Gasteiger partial charge is 0.335 e. The van der Waals surface area contributed by atoms with Crippen LogP contribution in [0.1, 0.15) is 28.8 Å². The van der Waals surface area contributed by atoms with Crippen LogP contribution in [0, 0.1) is 6.92 Å². The lowest BCUT2D eigenvalue weighted by Gasteiger charge is -2.12. The SMILES string of the molecule is Cc1cncc(-c2cc(C(=O)O)ccc2OC2CC2)c1. The number of hydrogen-bond donors (Lipinski definition) is 1. The summed E-state index contributed by atoms with van der Waals surface area (Å²) >= 11 is 0. The summed E-state index contributed by atoms with van der Waals surface area (Å²) in [6, 6.07) is 6.94. The maximum atomic E-state index is 11.1. The minimum Gasteiger partial charge on any atom is -0.490 e. The summed E-state index contributed by atoms with van der Waals surface area (Å²) in [6.45, 7) is 1.96. The first-order chi connectivity index (χ1) is 9.63. The lowest BCUT2D eigenvalue weighted by atomic mass is 10.0. The number of aryl methyl sites for hydroxylation is 1. The number of rotatable bonds is 4. The normalized spacial score (nSPS) is 14.1. The van der Waals surface area contributed by atoms with Crippen molar-refractivity contribution in [1.29, 1.82) is 0 Å². The third-order valence-electron chi connectivity index (χ3n) is 3.23. The van der Waals surface area contributed by atoms with E-state index in [9.17, 15) is 4.79 Å². The molecule has 1 saturated carbocycles. The molecule has 4 heteroatoms. The van der Waals surface area contributed by atoms with E-state index in [0.717, 1.165) is 35.3 Å². The number of pyridine rings is 1. The first-order valence-corrected chi connectivity index (χ1v) is 6.59. The fourth-order valence-electron chi connectivity index (χ4n) is 2.06. The van der Waals surface area contributed by atoms with Gasteiger partial charge in [0.15, 0.2) is 0 Å². The van der Waals surface area contributed by atoms with Gasteiger partial charge in [0.25, 0.3) is 0 Å². The van der Waals surface area contributed by atoms with Crippen LogP contribution in [0.2, 0.25) is 0 Å². The number of ether oxygens (including phenoxy) is 1. The van der Waals surface area contributed by atoms with Gasteiger partial charge in [-0.3, -0.25) is 4.98 Å². The maximum absolute atomic E-state index is 11.1. The summed E-state index contributed by atoms with van der Waals surface area (Å²) in [5.41, 5.74) is 2.95. The number of aromatic nitrogens is 1. The van der Waals surface area contributed by atoms with Gasteiger partial charge in [-0.05, 0) is 49.6 Å². The van der Waals surface area contributed by atoms with Crippen molar-refractivity contribution in [2.45, 2.75) is 25.9 Å². The minimum absolute atomic E-state index is 0.254. The Morgan fingerprint density at radius 2 is 2.10 bits per heavy atom. The van der Waals surface area contributed by atoms with E-state index in [1.165, 1.54) is 0 Å². The van der Waals surface area contributed by atoms with Gasteiger partial charge in [0, 0.05) is 23.5 Å². The van der Waals surface area contributed by atoms with Crippen LogP contribution in [0.5, 0.6) is 5.75 Å². The van der Waals surface area contributed by atoms with Crippen LogP contribution < -0.4 is 4.74 Å². The van der Waals surface area contributed by atoms with Crippen molar-refractivity contribution in [1.82, 2.24) is 4.98 Å². The summed E-state index contributed by atoms with van der Waals surface area (Å²) in [4.78, 5) is 15.3. The second kappa shape index (κ2) is 4.96. The van der Waals surface area contributed by atoms with Gasteiger partial charge in [0.05, 0.1) is 11.7 Å². The van der Waals surface area contributed by atoms with Crippen molar-refractivity contribution >= 4 is 5.97 Å². The molecular formula is C16H15NO3. The van der Waals surface area contributed by atoms with E-state index in [0.29, 0.717) is 0 Å². The molecule has 0 spiro atoms. The summed E-state index contributed by atoms with van der Waals surface area (Å²) in [7, 11) is 0. The highest BCUT2D eigenvalue weighted by molar-refractivity contribution is 5.90. The van der Waals surface area contributed by atoms with Crippen molar-refractivity contribution in [2.24, 2.45) is 0 Å². The molecular weight excluding hydrogens is 254 g/mol. The molecule has 1 aliphatic carbocycles. The lowest BCUT2D eigenvalue weighted by molar-refractivity contribution is 0.0697. The van der Waals surface area contributed by atoms with Gasteiger partial charge >= 0.3 is 5.97 Å². The highest BCUT2D eigenvalue weighted by Gasteiger charge is 2.25. The van der Waals surface area contributed by atoms with Gasteiger partial charge in [-0.25, -0.2) is 4.79 Å². The van der Waals surface area contributed by atoms with E-state index in [4.69, 9.17) is 9.84 Å². The molecule has 4 nitrogen and oxygen atoms in total. The minimum atomic E-state index is -0.940. The van der Waals surface area contributed by atoms with Crippen LogP contribution >= 0.6 is 0 Å². The number of hydrogen-bond acceptors (Lipinski definition) is 3. The zero-order chi connectivity index (χ0) is 14.1. The molecule has 1 aromatic heterocycles. The summed E-state index contributed by atoms with van der Waals surface area (Å²) in [6.07, 6.45) is 5.89. The van der Waals surface area contributed by atoms with Crippen LogP contribution in [0.15, 0.2) is 36.7 Å². The molecule has 20 heavy (non-hydrogen) atoms. The Morgan fingerprint density at radius 3 is 2.75 bits per heavy atom. The van der Waals surface area contributed by atoms with Gasteiger partial charge in [0.1, 0.15) is 5.75 Å². The van der Waals surface area contributed by atoms with E-state index in [1.54, 1.807) is 30.6 Å². The van der Waals surface area contributed by atoms with Gasteiger partial charge in [-0.15, -0.1) is 0 Å². The Hall–Kier alpha value is -2.36. The third-order valence-corrected chi connectivity index (χ3v) is 3.23. The fraction of sp³-hybridized carbons (Fsp3) is 0.250. The molecule has 0 saturated heterocycles. The second-order valence-electron chi connectivity index (χ2n) is 5.08. The maximum Gasteiger partial charge on any atom is 0.335 e. The standard InChI is InChI=1S/C16H15NO3/c1-10-6-12(9-17-8-10)14-7-11(16(18)19)2-5-15(14)20-13-3-4-13/h2,5-9,13H,3-4H2,1H3,(H,18,19). The Morgan fingerprint density at radius 1 is 1.30 bits per heavy atom. The van der Waals surface area contributed by atoms with Crippen LogP contribution in [0.3, 0.4) is 0 Å². The number of carbonyl (C=O) groups is 1. The topological polar surface area (TPSA) is 59.4 Å². The zero-order valence-electron chi connectivity index (χ0n) is 11.2. The first kappa shape index (κ1) is 12.7. The molecule has 0 aliphatic heterocycles. The molecule has 0 radical (unpaired) electrons. The first-order valence-electron chi connectivity index (χ1n) is 6.59. The number of nitrogens with zero attached hydrogens (tertiary/aromatic N) is 1. The highest BCUT2D eigenvalue weighted by atomic mass is 16.5. The van der Waals surface area contributed by atoms with E-state index in [2.05, 4.69) is 4.98 Å². The van der Waals surface area contributed by atoms with Crippen LogP contribution in [-0.2, 0) is 0 Å². The summed E-state index contributed by atoms with van der Waals surface area (Å²) in [5.74, 6) is -0.213. The van der Waals surface area contributed by atoms with Gasteiger partial charge in [-0.1, -0.05) is 0 Å². The zero-order valence-corrected chi connectivity index (χ0v) is 11.2. The largest absolute Gasteiger partial charge is 0.490 e. The Bertz CT molecular complexity index is 663. The van der Waals surface area contributed by atoms with E-state index >= 15 is 0 Å². The molecule has 0 atom stereocenters. The number of aromatic carboxylic acids is 1. The van der Waals surface area contributed by atoms with Crippen molar-refractivity contribution in [3.8, 4) is 16.9 Å². The molecule has 1 heterocycles. The molecule has 1 N–H and O–H groups in total. The molecule has 102 valence electrons. The molecule has 3 rings (SSSR count). The summed E-state index contributed by atoms with van der Waals surface area (Å²) < 4.78 is 5.86.